The van der Waals surface area contributed by atoms with Crippen LogP contribution in [0.2, 0.25) is 0 Å². The zero-order valence-corrected chi connectivity index (χ0v) is 14.1. The average molecular weight is 324 g/mol. The van der Waals surface area contributed by atoms with Crippen molar-refractivity contribution in [2.24, 2.45) is 5.92 Å². The number of likely N-dealkylation sites (tertiary alicyclic amines) is 1. The van der Waals surface area contributed by atoms with Crippen molar-refractivity contribution in [3.8, 4) is 5.75 Å². The van der Waals surface area contributed by atoms with Gasteiger partial charge in [-0.2, -0.15) is 0 Å². The summed E-state index contributed by atoms with van der Waals surface area (Å²) in [6.07, 6.45) is 1.96. The first kappa shape index (κ1) is 16.4. The van der Waals surface area contributed by atoms with Crippen molar-refractivity contribution in [3.05, 3.63) is 60.2 Å². The lowest BCUT2D eigenvalue weighted by Gasteiger charge is -2.31. The number of para-hydroxylation sites is 1. The average Bonchev–Trinajstić information content (AvgIpc) is 2.62. The summed E-state index contributed by atoms with van der Waals surface area (Å²) in [7, 11) is 0. The van der Waals surface area contributed by atoms with Gasteiger partial charge in [0.05, 0.1) is 6.61 Å². The number of carbonyl (C=O) groups excluding carboxylic acids is 1. The van der Waals surface area contributed by atoms with Gasteiger partial charge in [-0.3, -0.25) is 0 Å². The number of urea groups is 1. The summed E-state index contributed by atoms with van der Waals surface area (Å²) in [5.74, 6) is 1.43. The number of rotatable bonds is 4. The van der Waals surface area contributed by atoms with Gasteiger partial charge in [0, 0.05) is 18.8 Å². The van der Waals surface area contributed by atoms with E-state index in [2.05, 4.69) is 24.4 Å². The summed E-state index contributed by atoms with van der Waals surface area (Å²) in [5.41, 5.74) is 2.08. The van der Waals surface area contributed by atoms with Crippen LogP contribution < -0.4 is 10.1 Å². The van der Waals surface area contributed by atoms with Gasteiger partial charge in [0.15, 0.2) is 0 Å². The summed E-state index contributed by atoms with van der Waals surface area (Å²) in [6.45, 7) is 4.35. The molecule has 2 aromatic rings. The summed E-state index contributed by atoms with van der Waals surface area (Å²) < 4.78 is 5.87. The maximum absolute atomic E-state index is 12.3. The van der Waals surface area contributed by atoms with Gasteiger partial charge < -0.3 is 15.0 Å². The highest BCUT2D eigenvalue weighted by molar-refractivity contribution is 5.89. The molecule has 2 aromatic carbocycles. The lowest BCUT2D eigenvalue weighted by atomic mass is 9.98. The molecule has 1 aliphatic rings. The molecular weight excluding hydrogens is 300 g/mol. The molecule has 1 saturated heterocycles. The van der Waals surface area contributed by atoms with E-state index in [0.717, 1.165) is 44.0 Å². The number of nitrogens with zero attached hydrogens (tertiary/aromatic N) is 1. The molecule has 4 heteroatoms. The Kier molecular flexibility index (Phi) is 5.36. The SMILES string of the molecule is Cc1ccc(OCC2CCN(C(=O)Nc3ccccc3)CC2)cc1. The molecule has 0 aliphatic carbocycles. The number of aryl methyl sites for hydroxylation is 1. The Bertz CT molecular complexity index is 647. The van der Waals surface area contributed by atoms with Crippen LogP contribution in [0.3, 0.4) is 0 Å². The van der Waals surface area contributed by atoms with E-state index >= 15 is 0 Å². The lowest BCUT2D eigenvalue weighted by Crippen LogP contribution is -2.42. The Hall–Kier alpha value is -2.49. The standard InChI is InChI=1S/C20H24N2O2/c1-16-7-9-19(10-8-16)24-15-17-11-13-22(14-12-17)20(23)21-18-5-3-2-4-6-18/h2-10,17H,11-15H2,1H3,(H,21,23). The number of nitrogens with one attached hydrogen (secondary N) is 1. The normalized spacial score (nSPS) is 15.1. The summed E-state index contributed by atoms with van der Waals surface area (Å²) in [6, 6.07) is 17.7. The second-order valence-electron chi connectivity index (χ2n) is 6.35. The maximum atomic E-state index is 12.3. The highest BCUT2D eigenvalue weighted by Gasteiger charge is 2.23. The molecule has 126 valence electrons. The Morgan fingerprint density at radius 1 is 1.08 bits per heavy atom. The molecular formula is C20H24N2O2. The van der Waals surface area contributed by atoms with Gasteiger partial charge in [-0.05, 0) is 49.9 Å². The third-order valence-corrected chi connectivity index (χ3v) is 4.43. The second kappa shape index (κ2) is 7.86. The molecule has 0 atom stereocenters. The number of piperidine rings is 1. The zero-order chi connectivity index (χ0) is 16.8. The highest BCUT2D eigenvalue weighted by Crippen LogP contribution is 2.20. The largest absolute Gasteiger partial charge is 0.493 e. The number of carbonyl (C=O) groups is 1. The molecule has 0 spiro atoms. The van der Waals surface area contributed by atoms with Gasteiger partial charge in [-0.15, -0.1) is 0 Å². The van der Waals surface area contributed by atoms with E-state index in [1.54, 1.807) is 0 Å². The fraction of sp³-hybridized carbons (Fsp3) is 0.350. The minimum Gasteiger partial charge on any atom is -0.493 e. The van der Waals surface area contributed by atoms with Crippen LogP contribution in [0, 0.1) is 12.8 Å². The van der Waals surface area contributed by atoms with Gasteiger partial charge >= 0.3 is 6.03 Å². The molecule has 3 rings (SSSR count). The van der Waals surface area contributed by atoms with Crippen LogP contribution in [0.5, 0.6) is 5.75 Å². The second-order valence-corrected chi connectivity index (χ2v) is 6.35. The molecule has 0 saturated carbocycles. The topological polar surface area (TPSA) is 41.6 Å². The first-order chi connectivity index (χ1) is 11.7. The van der Waals surface area contributed by atoms with Crippen molar-refractivity contribution in [2.45, 2.75) is 19.8 Å². The van der Waals surface area contributed by atoms with E-state index in [1.807, 2.05) is 47.4 Å². The van der Waals surface area contributed by atoms with E-state index in [0.29, 0.717) is 5.92 Å². The van der Waals surface area contributed by atoms with E-state index in [-0.39, 0.29) is 6.03 Å². The zero-order valence-electron chi connectivity index (χ0n) is 14.1. The lowest BCUT2D eigenvalue weighted by molar-refractivity contribution is 0.152. The number of amides is 2. The highest BCUT2D eigenvalue weighted by atomic mass is 16.5. The van der Waals surface area contributed by atoms with Crippen molar-refractivity contribution in [1.82, 2.24) is 4.90 Å². The quantitative estimate of drug-likeness (QED) is 0.910. The Morgan fingerprint density at radius 2 is 1.75 bits per heavy atom. The third kappa shape index (κ3) is 4.51. The van der Waals surface area contributed by atoms with E-state index in [9.17, 15) is 4.79 Å². The van der Waals surface area contributed by atoms with Crippen LogP contribution in [-0.4, -0.2) is 30.6 Å². The van der Waals surface area contributed by atoms with Gasteiger partial charge in [0.1, 0.15) is 5.75 Å². The number of hydrogen-bond acceptors (Lipinski definition) is 2. The van der Waals surface area contributed by atoms with Gasteiger partial charge in [0.2, 0.25) is 0 Å². The predicted octanol–water partition coefficient (Wildman–Crippen LogP) is 4.32. The van der Waals surface area contributed by atoms with Gasteiger partial charge in [-0.25, -0.2) is 4.79 Å². The summed E-state index contributed by atoms with van der Waals surface area (Å²) in [4.78, 5) is 14.2. The van der Waals surface area contributed by atoms with Crippen LogP contribution in [0.1, 0.15) is 18.4 Å². The number of benzene rings is 2. The molecule has 1 heterocycles. The van der Waals surface area contributed by atoms with Crippen molar-refractivity contribution in [2.75, 3.05) is 25.0 Å². The fourth-order valence-corrected chi connectivity index (χ4v) is 2.88. The molecule has 2 amide bonds. The molecule has 0 bridgehead atoms. The molecule has 0 unspecified atom stereocenters. The van der Waals surface area contributed by atoms with E-state index in [4.69, 9.17) is 4.74 Å². The maximum Gasteiger partial charge on any atom is 0.321 e. The van der Waals surface area contributed by atoms with Crippen molar-refractivity contribution >= 4 is 11.7 Å². The van der Waals surface area contributed by atoms with Crippen LogP contribution in [-0.2, 0) is 0 Å². The Morgan fingerprint density at radius 3 is 2.42 bits per heavy atom. The molecule has 24 heavy (non-hydrogen) atoms. The minimum atomic E-state index is -0.0147. The minimum absolute atomic E-state index is 0.0147. The fourth-order valence-electron chi connectivity index (χ4n) is 2.88. The monoisotopic (exact) mass is 324 g/mol. The van der Waals surface area contributed by atoms with Gasteiger partial charge in [0.25, 0.3) is 0 Å². The summed E-state index contributed by atoms with van der Waals surface area (Å²) >= 11 is 0. The molecule has 0 aromatic heterocycles. The Balaban J connectivity index is 1.42. The van der Waals surface area contributed by atoms with Crippen LogP contribution in [0.25, 0.3) is 0 Å². The first-order valence-electron chi connectivity index (χ1n) is 8.51. The van der Waals surface area contributed by atoms with Crippen LogP contribution in [0.15, 0.2) is 54.6 Å². The molecule has 1 aliphatic heterocycles. The van der Waals surface area contributed by atoms with E-state index < -0.39 is 0 Å². The molecule has 0 radical (unpaired) electrons. The molecule has 1 N–H and O–H groups in total. The number of anilines is 1. The van der Waals surface area contributed by atoms with Crippen molar-refractivity contribution in [3.63, 3.8) is 0 Å². The van der Waals surface area contributed by atoms with Gasteiger partial charge in [-0.1, -0.05) is 35.9 Å². The van der Waals surface area contributed by atoms with Crippen LogP contribution >= 0.6 is 0 Å². The number of ether oxygens (including phenoxy) is 1. The molecule has 4 nitrogen and oxygen atoms in total. The molecule has 1 fully saturated rings. The van der Waals surface area contributed by atoms with Crippen molar-refractivity contribution in [1.29, 1.82) is 0 Å². The third-order valence-electron chi connectivity index (χ3n) is 4.43. The predicted molar refractivity (Wildman–Crippen MR) is 96.4 cm³/mol. The van der Waals surface area contributed by atoms with Crippen LogP contribution in [0.4, 0.5) is 10.5 Å². The smallest absolute Gasteiger partial charge is 0.321 e. The summed E-state index contributed by atoms with van der Waals surface area (Å²) in [5, 5.41) is 2.95. The first-order valence-corrected chi connectivity index (χ1v) is 8.51. The van der Waals surface area contributed by atoms with E-state index in [1.165, 1.54) is 5.56 Å². The number of hydrogen-bond donors (Lipinski definition) is 1. The van der Waals surface area contributed by atoms with Crippen molar-refractivity contribution < 1.29 is 9.53 Å². The Labute approximate surface area is 143 Å².